The zero-order valence-electron chi connectivity index (χ0n) is 13.9. The lowest BCUT2D eigenvalue weighted by molar-refractivity contribution is -0.119. The zero-order valence-corrected chi connectivity index (χ0v) is 14.7. The maximum absolute atomic E-state index is 13.7. The van der Waals surface area contributed by atoms with Crippen LogP contribution in [0.15, 0.2) is 47.4 Å². The van der Waals surface area contributed by atoms with Crippen molar-refractivity contribution in [2.24, 2.45) is 5.14 Å². The lowest BCUT2D eigenvalue weighted by atomic mass is 10.1. The van der Waals surface area contributed by atoms with Crippen molar-refractivity contribution in [1.82, 2.24) is 0 Å². The number of rotatable bonds is 6. The first-order valence-electron chi connectivity index (χ1n) is 7.59. The van der Waals surface area contributed by atoms with Crippen LogP contribution < -0.4 is 10.5 Å². The molecular weight excluding hydrogens is 363 g/mol. The van der Waals surface area contributed by atoms with Gasteiger partial charge in [-0.1, -0.05) is 25.1 Å². The molecule has 0 spiro atoms. The molecule has 2 aromatic carbocycles. The molecule has 0 heterocycles. The molecule has 0 bridgehead atoms. The molecule has 0 radical (unpaired) electrons. The third-order valence-corrected chi connectivity index (χ3v) is 4.40. The number of nitrogens with one attached hydrogen (secondary N) is 1. The monoisotopic (exact) mass is 380 g/mol. The predicted octanol–water partition coefficient (Wildman–Crippen LogP) is 1.83. The summed E-state index contributed by atoms with van der Waals surface area (Å²) < 4.78 is 41.1. The van der Waals surface area contributed by atoms with Crippen molar-refractivity contribution in [3.8, 4) is 0 Å². The van der Waals surface area contributed by atoms with Crippen molar-refractivity contribution in [3.05, 3.63) is 59.4 Å². The first kappa shape index (κ1) is 19.5. The number of carbonyl (C=O) groups is 2. The summed E-state index contributed by atoms with van der Waals surface area (Å²) in [6.45, 7) is 1.27. The van der Waals surface area contributed by atoms with E-state index >= 15 is 0 Å². The van der Waals surface area contributed by atoms with Gasteiger partial charge in [0.15, 0.2) is 6.61 Å². The van der Waals surface area contributed by atoms with E-state index in [2.05, 4.69) is 5.32 Å². The summed E-state index contributed by atoms with van der Waals surface area (Å²) in [6.07, 6.45) is 0.696. The van der Waals surface area contributed by atoms with Crippen molar-refractivity contribution < 1.29 is 27.1 Å². The van der Waals surface area contributed by atoms with Crippen LogP contribution in [-0.4, -0.2) is 26.9 Å². The van der Waals surface area contributed by atoms with Crippen LogP contribution in [0.1, 0.15) is 22.8 Å². The second-order valence-corrected chi connectivity index (χ2v) is 6.88. The summed E-state index contributed by atoms with van der Waals surface area (Å²) in [4.78, 5) is 23.4. The molecular formula is C17H17FN2O5S. The van der Waals surface area contributed by atoms with Gasteiger partial charge in [-0.05, 0) is 36.2 Å². The Bertz CT molecular complexity index is 944. The molecule has 26 heavy (non-hydrogen) atoms. The maximum Gasteiger partial charge on any atom is 0.341 e. The average Bonchev–Trinajstić information content (AvgIpc) is 2.59. The normalized spacial score (nSPS) is 11.0. The number of primary sulfonamides is 1. The molecule has 2 aromatic rings. The highest BCUT2D eigenvalue weighted by molar-refractivity contribution is 7.89. The van der Waals surface area contributed by atoms with Gasteiger partial charge in [0.2, 0.25) is 10.0 Å². The van der Waals surface area contributed by atoms with E-state index in [1.807, 2.05) is 19.1 Å². The Kier molecular flexibility index (Phi) is 6.06. The molecule has 0 unspecified atom stereocenters. The van der Waals surface area contributed by atoms with Crippen LogP contribution in [0.2, 0.25) is 0 Å². The standard InChI is InChI=1S/C17H17FN2O5S/c1-2-11-5-3-4-6-15(11)20-16(21)10-25-17(22)13-9-12(26(19,23)24)7-8-14(13)18/h3-9H,2,10H2,1H3,(H,20,21)(H2,19,23,24). The number of aryl methyl sites for hydroxylation is 1. The number of hydrogen-bond acceptors (Lipinski definition) is 5. The molecule has 138 valence electrons. The van der Waals surface area contributed by atoms with E-state index in [1.165, 1.54) is 0 Å². The largest absolute Gasteiger partial charge is 0.452 e. The number of anilines is 1. The van der Waals surface area contributed by atoms with E-state index in [0.29, 0.717) is 12.1 Å². The summed E-state index contributed by atoms with van der Waals surface area (Å²) >= 11 is 0. The first-order chi connectivity index (χ1) is 12.2. The van der Waals surface area contributed by atoms with E-state index in [9.17, 15) is 22.4 Å². The number of amides is 1. The number of carbonyl (C=O) groups excluding carboxylic acids is 2. The molecule has 0 saturated carbocycles. The molecule has 7 nitrogen and oxygen atoms in total. The van der Waals surface area contributed by atoms with Crippen LogP contribution in [0.3, 0.4) is 0 Å². The van der Waals surface area contributed by atoms with Crippen molar-refractivity contribution in [2.75, 3.05) is 11.9 Å². The summed E-state index contributed by atoms with van der Waals surface area (Å²) in [5, 5.41) is 7.54. The minimum Gasteiger partial charge on any atom is -0.452 e. The Morgan fingerprint density at radius 2 is 1.88 bits per heavy atom. The molecule has 2 rings (SSSR count). The van der Waals surface area contributed by atoms with Crippen LogP contribution in [0.4, 0.5) is 10.1 Å². The fraction of sp³-hybridized carbons (Fsp3) is 0.176. The van der Waals surface area contributed by atoms with Gasteiger partial charge < -0.3 is 10.1 Å². The molecule has 9 heteroatoms. The van der Waals surface area contributed by atoms with Crippen LogP contribution in [0, 0.1) is 5.82 Å². The Hall–Kier alpha value is -2.78. The lowest BCUT2D eigenvalue weighted by Gasteiger charge is -2.10. The predicted molar refractivity (Wildman–Crippen MR) is 92.5 cm³/mol. The van der Waals surface area contributed by atoms with Crippen molar-refractivity contribution in [1.29, 1.82) is 0 Å². The van der Waals surface area contributed by atoms with E-state index in [1.54, 1.807) is 12.1 Å². The number of hydrogen-bond donors (Lipinski definition) is 2. The van der Waals surface area contributed by atoms with E-state index in [4.69, 9.17) is 9.88 Å². The van der Waals surface area contributed by atoms with Gasteiger partial charge in [-0.25, -0.2) is 22.7 Å². The highest BCUT2D eigenvalue weighted by Crippen LogP contribution is 2.16. The second kappa shape index (κ2) is 8.07. The van der Waals surface area contributed by atoms with Crippen molar-refractivity contribution in [3.63, 3.8) is 0 Å². The number of halogens is 1. The lowest BCUT2D eigenvalue weighted by Crippen LogP contribution is -2.22. The number of esters is 1. The fourth-order valence-electron chi connectivity index (χ4n) is 2.18. The molecule has 0 atom stereocenters. The van der Waals surface area contributed by atoms with Gasteiger partial charge in [0, 0.05) is 5.69 Å². The molecule has 0 fully saturated rings. The fourth-order valence-corrected chi connectivity index (χ4v) is 2.72. The molecule has 3 N–H and O–H groups in total. The van der Waals surface area contributed by atoms with E-state index in [-0.39, 0.29) is 0 Å². The van der Waals surface area contributed by atoms with Gasteiger partial charge in [0.25, 0.3) is 5.91 Å². The summed E-state index contributed by atoms with van der Waals surface area (Å²) in [6, 6.07) is 9.59. The summed E-state index contributed by atoms with van der Waals surface area (Å²) in [5.41, 5.74) is 0.857. The Morgan fingerprint density at radius 1 is 1.19 bits per heavy atom. The highest BCUT2D eigenvalue weighted by Gasteiger charge is 2.19. The SMILES string of the molecule is CCc1ccccc1NC(=O)COC(=O)c1cc(S(N)(=O)=O)ccc1F. The third kappa shape index (κ3) is 4.87. The van der Waals surface area contributed by atoms with E-state index in [0.717, 1.165) is 23.8 Å². The summed E-state index contributed by atoms with van der Waals surface area (Å²) in [7, 11) is -4.11. The average molecular weight is 380 g/mol. The van der Waals surface area contributed by atoms with Crippen LogP contribution in [-0.2, 0) is 26.0 Å². The van der Waals surface area contributed by atoms with Gasteiger partial charge >= 0.3 is 5.97 Å². The van der Waals surface area contributed by atoms with E-state index < -0.39 is 44.8 Å². The molecule has 0 aliphatic carbocycles. The molecule has 1 amide bonds. The molecule has 0 saturated heterocycles. The summed E-state index contributed by atoms with van der Waals surface area (Å²) in [5.74, 6) is -2.77. The maximum atomic E-state index is 13.7. The first-order valence-corrected chi connectivity index (χ1v) is 9.14. The number of ether oxygens (including phenoxy) is 1. The Morgan fingerprint density at radius 3 is 2.54 bits per heavy atom. The van der Waals surface area contributed by atoms with Crippen molar-refractivity contribution in [2.45, 2.75) is 18.2 Å². The minimum absolute atomic E-state index is 0.438. The van der Waals surface area contributed by atoms with Gasteiger partial charge in [0.05, 0.1) is 10.5 Å². The molecule has 0 aromatic heterocycles. The number of sulfonamides is 1. The number of para-hydroxylation sites is 1. The molecule has 0 aliphatic heterocycles. The highest BCUT2D eigenvalue weighted by atomic mass is 32.2. The van der Waals surface area contributed by atoms with Gasteiger partial charge in [-0.15, -0.1) is 0 Å². The van der Waals surface area contributed by atoms with Crippen LogP contribution in [0.5, 0.6) is 0 Å². The third-order valence-electron chi connectivity index (χ3n) is 3.49. The minimum atomic E-state index is -4.11. The molecule has 0 aliphatic rings. The van der Waals surface area contributed by atoms with Crippen LogP contribution >= 0.6 is 0 Å². The van der Waals surface area contributed by atoms with Crippen molar-refractivity contribution >= 4 is 27.6 Å². The Balaban J connectivity index is 2.06. The quantitative estimate of drug-likeness (QED) is 0.742. The smallest absolute Gasteiger partial charge is 0.341 e. The number of nitrogens with two attached hydrogens (primary N) is 1. The van der Waals surface area contributed by atoms with Crippen LogP contribution in [0.25, 0.3) is 0 Å². The topological polar surface area (TPSA) is 116 Å². The zero-order chi connectivity index (χ0) is 19.3. The Labute approximate surface area is 150 Å². The second-order valence-electron chi connectivity index (χ2n) is 5.32. The van der Waals surface area contributed by atoms with Gasteiger partial charge in [-0.2, -0.15) is 0 Å². The number of benzene rings is 2. The van der Waals surface area contributed by atoms with Gasteiger partial charge in [0.1, 0.15) is 5.82 Å². The van der Waals surface area contributed by atoms with Gasteiger partial charge in [-0.3, -0.25) is 4.79 Å².